The number of hydrogen-bond acceptors (Lipinski definition) is 4. The summed E-state index contributed by atoms with van der Waals surface area (Å²) < 4.78 is 54.5. The largest absolute Gasteiger partial charge is 0.325 e. The number of fused-ring (bicyclic) bond motifs is 3. The molecule has 10 heteroatoms. The zero-order valence-corrected chi connectivity index (χ0v) is 18.6. The Morgan fingerprint density at radius 1 is 1.14 bits per heavy atom. The summed E-state index contributed by atoms with van der Waals surface area (Å²) in [5.41, 5.74) is -0.133. The number of anilines is 2. The van der Waals surface area contributed by atoms with E-state index in [0.717, 1.165) is 6.20 Å². The van der Waals surface area contributed by atoms with E-state index in [4.69, 9.17) is 0 Å². The first kappa shape index (κ1) is 22.9. The number of benzene rings is 1. The number of alkyl halides is 3. The average Bonchev–Trinajstić information content (AvgIpc) is 3.60. The minimum atomic E-state index is -2.64. The fraction of sp³-hybridized carbons (Fsp3) is 0.280. The van der Waals surface area contributed by atoms with Gasteiger partial charge in [-0.3, -0.25) is 19.6 Å². The molecule has 1 saturated carbocycles. The Bertz CT molecular complexity index is 1330. The van der Waals surface area contributed by atoms with Gasteiger partial charge in [0.05, 0.1) is 29.2 Å². The van der Waals surface area contributed by atoms with Crippen molar-refractivity contribution >= 4 is 23.2 Å². The van der Waals surface area contributed by atoms with Crippen molar-refractivity contribution in [3.8, 4) is 11.1 Å². The van der Waals surface area contributed by atoms with Gasteiger partial charge in [0.15, 0.2) is 5.67 Å². The molecular weight excluding hydrogens is 464 g/mol. The number of amides is 2. The molecule has 0 saturated heterocycles. The summed E-state index contributed by atoms with van der Waals surface area (Å²) in [4.78, 5) is 35.9. The van der Waals surface area contributed by atoms with E-state index < -0.39 is 42.2 Å². The maximum absolute atomic E-state index is 14.8. The number of carbonyl (C=O) groups is 2. The number of rotatable bonds is 5. The summed E-state index contributed by atoms with van der Waals surface area (Å²) in [6.45, 7) is 1.16. The highest BCUT2D eigenvalue weighted by Crippen LogP contribution is 2.50. The Hall–Kier alpha value is -3.82. The molecule has 35 heavy (non-hydrogen) atoms. The first-order valence-corrected chi connectivity index (χ1v) is 11.0. The summed E-state index contributed by atoms with van der Waals surface area (Å²) >= 11 is 0. The highest BCUT2D eigenvalue weighted by molar-refractivity contribution is 6.09. The molecular formula is C25H20F4N4O2. The van der Waals surface area contributed by atoms with Crippen LogP contribution in [-0.2, 0) is 15.3 Å². The van der Waals surface area contributed by atoms with Crippen molar-refractivity contribution in [3.05, 3.63) is 71.6 Å². The molecule has 2 aliphatic rings. The van der Waals surface area contributed by atoms with Gasteiger partial charge in [0.25, 0.3) is 6.43 Å². The van der Waals surface area contributed by atoms with Crippen LogP contribution in [0.5, 0.6) is 0 Å². The zero-order chi connectivity index (χ0) is 24.9. The van der Waals surface area contributed by atoms with Crippen LogP contribution in [0.15, 0.2) is 48.8 Å². The molecule has 1 aliphatic heterocycles. The van der Waals surface area contributed by atoms with Crippen molar-refractivity contribution in [2.45, 2.75) is 37.8 Å². The molecule has 0 unspecified atom stereocenters. The van der Waals surface area contributed by atoms with Gasteiger partial charge in [0.1, 0.15) is 12.4 Å². The molecule has 0 bridgehead atoms. The fourth-order valence-corrected chi connectivity index (χ4v) is 4.19. The summed E-state index contributed by atoms with van der Waals surface area (Å²) in [5.74, 6) is -2.50. The van der Waals surface area contributed by atoms with E-state index in [0.29, 0.717) is 29.7 Å². The van der Waals surface area contributed by atoms with Crippen molar-refractivity contribution in [3.63, 3.8) is 0 Å². The Balaban J connectivity index is 1.52. The van der Waals surface area contributed by atoms with Crippen LogP contribution in [0.3, 0.4) is 0 Å². The van der Waals surface area contributed by atoms with Crippen LogP contribution < -0.4 is 10.2 Å². The van der Waals surface area contributed by atoms with Crippen molar-refractivity contribution in [1.82, 2.24) is 9.97 Å². The molecule has 180 valence electrons. The second kappa shape index (κ2) is 8.44. The van der Waals surface area contributed by atoms with Crippen LogP contribution in [-0.4, -0.2) is 28.3 Å². The van der Waals surface area contributed by atoms with E-state index in [1.807, 2.05) is 0 Å². The van der Waals surface area contributed by atoms with Crippen LogP contribution in [0.4, 0.5) is 28.9 Å². The number of nitrogens with one attached hydrogen (secondary N) is 1. The molecule has 6 nitrogen and oxygen atoms in total. The average molecular weight is 484 g/mol. The van der Waals surface area contributed by atoms with Crippen LogP contribution in [0, 0.1) is 5.82 Å². The lowest BCUT2D eigenvalue weighted by atomic mass is 9.98. The number of pyridine rings is 2. The number of halogens is 4. The van der Waals surface area contributed by atoms with Gasteiger partial charge in [-0.05, 0) is 44.0 Å². The van der Waals surface area contributed by atoms with Gasteiger partial charge in [-0.25, -0.2) is 17.6 Å². The number of aromatic nitrogens is 2. The van der Waals surface area contributed by atoms with Gasteiger partial charge in [-0.1, -0.05) is 12.1 Å². The Morgan fingerprint density at radius 3 is 2.51 bits per heavy atom. The van der Waals surface area contributed by atoms with E-state index in [-0.39, 0.29) is 22.6 Å². The molecule has 0 radical (unpaired) electrons. The third-order valence-electron chi connectivity index (χ3n) is 6.29. The van der Waals surface area contributed by atoms with Crippen LogP contribution in [0.25, 0.3) is 11.1 Å². The molecule has 1 atom stereocenters. The highest BCUT2D eigenvalue weighted by Gasteiger charge is 2.47. The van der Waals surface area contributed by atoms with Crippen molar-refractivity contribution < 1.29 is 27.2 Å². The smallest absolute Gasteiger partial charge is 0.263 e. The molecule has 0 spiro atoms. The van der Waals surface area contributed by atoms with Crippen LogP contribution in [0.2, 0.25) is 0 Å². The molecule has 2 amide bonds. The minimum absolute atomic E-state index is 0.137. The van der Waals surface area contributed by atoms with Gasteiger partial charge >= 0.3 is 0 Å². The monoisotopic (exact) mass is 484 g/mol. The summed E-state index contributed by atoms with van der Waals surface area (Å²) in [6, 6.07) is 7.73. The number of carbonyl (C=O) groups excluding carboxylic acids is 2. The van der Waals surface area contributed by atoms with E-state index in [1.165, 1.54) is 47.5 Å². The summed E-state index contributed by atoms with van der Waals surface area (Å²) in [5, 5.41) is 2.59. The second-order valence-electron chi connectivity index (χ2n) is 8.76. The molecule has 3 heterocycles. The van der Waals surface area contributed by atoms with E-state index in [9.17, 15) is 27.2 Å². The maximum Gasteiger partial charge on any atom is 0.263 e. The Morgan fingerprint density at radius 2 is 1.86 bits per heavy atom. The van der Waals surface area contributed by atoms with Gasteiger partial charge in [0, 0.05) is 28.6 Å². The highest BCUT2D eigenvalue weighted by atomic mass is 19.3. The van der Waals surface area contributed by atoms with Crippen LogP contribution in [0.1, 0.15) is 49.1 Å². The zero-order valence-electron chi connectivity index (χ0n) is 18.6. The fourth-order valence-electron chi connectivity index (χ4n) is 4.19. The van der Waals surface area contributed by atoms with Crippen LogP contribution >= 0.6 is 0 Å². The molecule has 1 aromatic carbocycles. The van der Waals surface area contributed by atoms with E-state index >= 15 is 0 Å². The Labute approximate surface area is 198 Å². The predicted octanol–water partition coefficient (Wildman–Crippen LogP) is 5.27. The third kappa shape index (κ3) is 4.24. The van der Waals surface area contributed by atoms with E-state index in [2.05, 4.69) is 15.3 Å². The summed E-state index contributed by atoms with van der Waals surface area (Å²) in [6.07, 6.45) is 0.344. The normalized spacial score (nSPS) is 18.1. The minimum Gasteiger partial charge on any atom is -0.325 e. The second-order valence-corrected chi connectivity index (χ2v) is 8.76. The standard InChI is InChI=1S/C25H20F4N4O2/c1-13-22-17(8-15(26)10-31-22)18-11-30-20(25(29)6-7-25)9-19(18)33(24(13)35)12-21(34)32-16-4-2-14(3-5-16)23(27)28/h2-5,8-11,13,23H,6-7,12H2,1H3,(H,32,34)/t13-/m0/s1. The number of hydrogen-bond donors (Lipinski definition) is 1. The molecule has 2 aromatic heterocycles. The van der Waals surface area contributed by atoms with E-state index in [1.54, 1.807) is 6.92 Å². The lowest BCUT2D eigenvalue weighted by Crippen LogP contribution is -2.40. The lowest BCUT2D eigenvalue weighted by Gasteiger charge is -2.25. The van der Waals surface area contributed by atoms with Crippen molar-refractivity contribution in [2.75, 3.05) is 16.8 Å². The van der Waals surface area contributed by atoms with Gasteiger partial charge < -0.3 is 10.2 Å². The first-order chi connectivity index (χ1) is 16.7. The van der Waals surface area contributed by atoms with Gasteiger partial charge in [-0.2, -0.15) is 0 Å². The summed E-state index contributed by atoms with van der Waals surface area (Å²) in [7, 11) is 0. The quantitative estimate of drug-likeness (QED) is 0.501. The van der Waals surface area contributed by atoms with Gasteiger partial charge in [-0.15, -0.1) is 0 Å². The van der Waals surface area contributed by atoms with Crippen molar-refractivity contribution in [2.24, 2.45) is 0 Å². The topological polar surface area (TPSA) is 75.2 Å². The third-order valence-corrected chi connectivity index (χ3v) is 6.29. The lowest BCUT2D eigenvalue weighted by molar-refractivity contribution is -0.122. The molecule has 5 rings (SSSR count). The molecule has 1 N–H and O–H groups in total. The molecule has 1 aliphatic carbocycles. The SMILES string of the molecule is C[C@@H]1C(=O)N(CC(=O)Nc2ccc(C(F)F)cc2)c2cc(C3(F)CC3)ncc2-c2cc(F)cnc21. The maximum atomic E-state index is 14.8. The molecule has 3 aromatic rings. The van der Waals surface area contributed by atoms with Crippen molar-refractivity contribution in [1.29, 1.82) is 0 Å². The van der Waals surface area contributed by atoms with Gasteiger partial charge in [0.2, 0.25) is 11.8 Å². The predicted molar refractivity (Wildman–Crippen MR) is 120 cm³/mol. The number of nitrogens with zero attached hydrogens (tertiary/aromatic N) is 3. The first-order valence-electron chi connectivity index (χ1n) is 11.0. The Kier molecular flexibility index (Phi) is 5.53. The molecule has 1 fully saturated rings.